The molecular formula is C29H29F8NO5S. The Kier molecular flexibility index (Phi) is 7.49. The smallest absolute Gasteiger partial charge is 0.349 e. The second-order valence-corrected chi connectivity index (χ2v) is 14.4. The number of nitrogens with zero attached hydrogens (tertiary/aromatic N) is 1. The van der Waals surface area contributed by atoms with Gasteiger partial charge in [0.05, 0.1) is 29.6 Å². The van der Waals surface area contributed by atoms with Gasteiger partial charge in [-0.3, -0.25) is 4.79 Å². The van der Waals surface area contributed by atoms with Gasteiger partial charge in [-0.1, -0.05) is 18.2 Å². The van der Waals surface area contributed by atoms with Crippen LogP contribution in [0.15, 0.2) is 47.4 Å². The van der Waals surface area contributed by atoms with Crippen LogP contribution in [0.5, 0.6) is 0 Å². The van der Waals surface area contributed by atoms with Gasteiger partial charge in [-0.2, -0.15) is 26.3 Å². The highest BCUT2D eigenvalue weighted by Gasteiger charge is 2.74. The Morgan fingerprint density at radius 2 is 1.48 bits per heavy atom. The van der Waals surface area contributed by atoms with Crippen LogP contribution >= 0.6 is 0 Å². The lowest BCUT2D eigenvalue weighted by molar-refractivity contribution is -0.348. The first-order valence-electron chi connectivity index (χ1n) is 13.7. The number of rotatable bonds is 4. The Hall–Kier alpha value is -2.78. The lowest BCUT2D eigenvalue weighted by atomic mass is 9.76. The minimum atomic E-state index is -6.36. The number of carbonyl (C=O) groups is 1. The minimum Gasteiger partial charge on any atom is -0.349 e. The van der Waals surface area contributed by atoms with Gasteiger partial charge in [0.2, 0.25) is 5.91 Å². The van der Waals surface area contributed by atoms with Gasteiger partial charge in [-0.15, -0.1) is 0 Å². The maximum atomic E-state index is 15.0. The molecule has 0 radical (unpaired) electrons. The van der Waals surface area contributed by atoms with Crippen molar-refractivity contribution in [2.75, 3.05) is 19.8 Å². The summed E-state index contributed by atoms with van der Waals surface area (Å²) in [5, 5.41) is 0. The zero-order valence-electron chi connectivity index (χ0n) is 23.8. The molecule has 0 spiro atoms. The van der Waals surface area contributed by atoms with Crippen molar-refractivity contribution in [1.82, 2.24) is 4.90 Å². The van der Waals surface area contributed by atoms with Gasteiger partial charge in [-0.25, -0.2) is 17.2 Å². The van der Waals surface area contributed by atoms with E-state index in [1.807, 2.05) is 0 Å². The first kappa shape index (κ1) is 32.6. The number of likely N-dealkylation sites (tertiary alicyclic amines) is 1. The van der Waals surface area contributed by atoms with Gasteiger partial charge in [-0.05, 0) is 75.4 Å². The lowest BCUT2D eigenvalue weighted by Crippen LogP contribution is -2.58. The van der Waals surface area contributed by atoms with Crippen molar-refractivity contribution in [1.29, 1.82) is 0 Å². The fourth-order valence-electron chi connectivity index (χ4n) is 6.52. The summed E-state index contributed by atoms with van der Waals surface area (Å²) in [5.41, 5.74) is -9.06. The molecule has 1 amide bonds. The van der Waals surface area contributed by atoms with Gasteiger partial charge < -0.3 is 14.4 Å². The Labute approximate surface area is 248 Å². The molecule has 2 aromatic rings. The number of hydrogen-bond acceptors (Lipinski definition) is 5. The number of ether oxygens (including phenoxy) is 2. The Bertz CT molecular complexity index is 1550. The molecule has 242 valence electrons. The highest BCUT2D eigenvalue weighted by molar-refractivity contribution is 7.92. The summed E-state index contributed by atoms with van der Waals surface area (Å²) in [7, 11) is -4.59. The molecule has 3 aliphatic rings. The first-order chi connectivity index (χ1) is 20.1. The summed E-state index contributed by atoms with van der Waals surface area (Å²) in [4.78, 5) is 15.0. The van der Waals surface area contributed by atoms with Crippen molar-refractivity contribution in [2.45, 2.75) is 79.5 Å². The predicted molar refractivity (Wildman–Crippen MR) is 139 cm³/mol. The Morgan fingerprint density at radius 1 is 0.909 bits per heavy atom. The lowest BCUT2D eigenvalue weighted by Gasteiger charge is -2.46. The maximum absolute atomic E-state index is 15.0. The van der Waals surface area contributed by atoms with Crippen LogP contribution in [0.1, 0.15) is 50.3 Å². The van der Waals surface area contributed by atoms with E-state index in [1.54, 1.807) is 20.8 Å². The molecule has 2 aliphatic heterocycles. The number of alkyl halides is 7. The van der Waals surface area contributed by atoms with Crippen molar-refractivity contribution >= 4 is 15.7 Å². The van der Waals surface area contributed by atoms with Crippen LogP contribution in [0.4, 0.5) is 35.1 Å². The van der Waals surface area contributed by atoms with Crippen LogP contribution in [-0.2, 0) is 40.9 Å². The number of carbonyl (C=O) groups excluding carboxylic acids is 1. The normalized spacial score (nSPS) is 25.3. The van der Waals surface area contributed by atoms with E-state index in [2.05, 4.69) is 0 Å². The van der Waals surface area contributed by atoms with Crippen molar-refractivity contribution in [2.24, 2.45) is 5.41 Å². The zero-order chi connectivity index (χ0) is 32.7. The molecular weight excluding hydrogens is 626 g/mol. The quantitative estimate of drug-likeness (QED) is 0.293. The number of halogens is 8. The van der Waals surface area contributed by atoms with Crippen LogP contribution in [0.25, 0.3) is 0 Å². The maximum Gasteiger partial charge on any atom is 0.435 e. The molecule has 2 atom stereocenters. The van der Waals surface area contributed by atoms with E-state index in [-0.39, 0.29) is 55.0 Å². The van der Waals surface area contributed by atoms with E-state index in [0.717, 1.165) is 30.3 Å². The largest absolute Gasteiger partial charge is 0.435 e. The van der Waals surface area contributed by atoms with Gasteiger partial charge in [0.1, 0.15) is 10.6 Å². The van der Waals surface area contributed by atoms with Gasteiger partial charge in [0.15, 0.2) is 15.6 Å². The molecule has 2 saturated heterocycles. The third kappa shape index (κ3) is 4.72. The molecule has 0 saturated carbocycles. The molecule has 5 rings (SSSR count). The SMILES string of the molecule is CC1(C)OCC(C)(C(=O)N2CC[C@@]3(S(=O)(=O)c4ccc(F)cc4)c4ccc(C(F)(C(F)(F)F)C(F)(F)F)cc4CC[C@@H]23)CO1. The standard InChI is InChI=1S/C29H29F8NO5S/c1-24(2)42-15-25(3,16-43-24)23(39)38-13-12-26(44(40,41)20-8-6-19(30)7-9-20)21-10-5-18(14-17(21)4-11-22(26)38)27(31,28(32,33)34)29(35,36)37/h5-10,14,22H,4,11-13,15-16H2,1-3H3/t22-,26-/m1/s1. The molecule has 0 aromatic heterocycles. The van der Waals surface area contributed by atoms with E-state index in [9.17, 15) is 48.3 Å². The number of fused-ring (bicyclic) bond motifs is 3. The van der Waals surface area contributed by atoms with Crippen LogP contribution < -0.4 is 0 Å². The molecule has 2 fully saturated rings. The molecule has 44 heavy (non-hydrogen) atoms. The summed E-state index contributed by atoms with van der Waals surface area (Å²) < 4.78 is 148. The van der Waals surface area contributed by atoms with Crippen molar-refractivity contribution in [3.8, 4) is 0 Å². The van der Waals surface area contributed by atoms with E-state index in [4.69, 9.17) is 9.47 Å². The number of amides is 1. The van der Waals surface area contributed by atoms with E-state index >= 15 is 0 Å². The summed E-state index contributed by atoms with van der Waals surface area (Å²) >= 11 is 0. The number of hydrogen-bond donors (Lipinski definition) is 0. The molecule has 0 N–H and O–H groups in total. The monoisotopic (exact) mass is 655 g/mol. The molecule has 6 nitrogen and oxygen atoms in total. The van der Waals surface area contributed by atoms with E-state index < -0.39 is 67.1 Å². The van der Waals surface area contributed by atoms with Crippen molar-refractivity contribution < 1.29 is 57.8 Å². The zero-order valence-corrected chi connectivity index (χ0v) is 24.6. The molecule has 0 bridgehead atoms. The molecule has 15 heteroatoms. The highest BCUT2D eigenvalue weighted by Crippen LogP contribution is 2.57. The second-order valence-electron chi connectivity index (χ2n) is 12.2. The number of aryl methyl sites for hydroxylation is 1. The summed E-state index contributed by atoms with van der Waals surface area (Å²) in [6.07, 6.45) is -13.4. The Balaban J connectivity index is 1.66. The fraction of sp³-hybridized carbons (Fsp3) is 0.552. The average molecular weight is 656 g/mol. The third-order valence-electron chi connectivity index (χ3n) is 8.92. The molecule has 1 aliphatic carbocycles. The van der Waals surface area contributed by atoms with Crippen LogP contribution in [-0.4, -0.2) is 63.2 Å². The Morgan fingerprint density at radius 3 is 2.02 bits per heavy atom. The van der Waals surface area contributed by atoms with E-state index in [1.165, 1.54) is 4.90 Å². The van der Waals surface area contributed by atoms with Crippen molar-refractivity contribution in [3.05, 3.63) is 65.0 Å². The topological polar surface area (TPSA) is 72.9 Å². The minimum absolute atomic E-state index is 0.0623. The average Bonchev–Trinajstić information content (AvgIpc) is 3.34. The molecule has 2 heterocycles. The van der Waals surface area contributed by atoms with Gasteiger partial charge in [0.25, 0.3) is 0 Å². The van der Waals surface area contributed by atoms with Crippen molar-refractivity contribution in [3.63, 3.8) is 0 Å². The summed E-state index contributed by atoms with van der Waals surface area (Å²) in [5.74, 6) is -2.23. The number of sulfone groups is 1. The molecule has 0 unspecified atom stereocenters. The first-order valence-corrected chi connectivity index (χ1v) is 15.1. The fourth-order valence-corrected chi connectivity index (χ4v) is 8.88. The van der Waals surface area contributed by atoms with Crippen LogP contribution in [0.2, 0.25) is 0 Å². The second kappa shape index (κ2) is 10.1. The van der Waals surface area contributed by atoms with Gasteiger partial charge in [0, 0.05) is 12.1 Å². The third-order valence-corrected chi connectivity index (χ3v) is 11.5. The molecule has 2 aromatic carbocycles. The summed E-state index contributed by atoms with van der Waals surface area (Å²) in [6.45, 7) is 4.63. The van der Waals surface area contributed by atoms with Crippen LogP contribution in [0, 0.1) is 11.2 Å². The van der Waals surface area contributed by atoms with E-state index in [0.29, 0.717) is 12.1 Å². The number of benzene rings is 2. The predicted octanol–water partition coefficient (Wildman–Crippen LogP) is 6.12. The highest BCUT2D eigenvalue weighted by atomic mass is 32.2. The van der Waals surface area contributed by atoms with Gasteiger partial charge >= 0.3 is 18.0 Å². The summed E-state index contributed by atoms with van der Waals surface area (Å²) in [6, 6.07) is 4.14. The van der Waals surface area contributed by atoms with Crippen LogP contribution in [0.3, 0.4) is 0 Å².